The lowest BCUT2D eigenvalue weighted by Gasteiger charge is -2.17. The van der Waals surface area contributed by atoms with Crippen molar-refractivity contribution in [2.45, 2.75) is 38.3 Å². The number of aromatic nitrogens is 2. The Hall–Kier alpha value is -4.01. The number of hydrogen-bond acceptors (Lipinski definition) is 7. The predicted octanol–water partition coefficient (Wildman–Crippen LogP) is 2.93. The van der Waals surface area contributed by atoms with Crippen LogP contribution in [0.4, 0.5) is 4.79 Å². The van der Waals surface area contributed by atoms with Gasteiger partial charge in [0, 0.05) is 30.2 Å². The van der Waals surface area contributed by atoms with Crippen molar-refractivity contribution in [3.8, 4) is 0 Å². The Morgan fingerprint density at radius 3 is 2.62 bits per heavy atom. The third-order valence-electron chi connectivity index (χ3n) is 5.10. The monoisotopic (exact) mass is 464 g/mol. The molecule has 0 bridgehead atoms. The lowest BCUT2D eigenvalue weighted by Crippen LogP contribution is -2.49. The second-order valence-corrected chi connectivity index (χ2v) is 7.65. The molecule has 2 heterocycles. The molecule has 9 nitrogen and oxygen atoms in total. The van der Waals surface area contributed by atoms with Gasteiger partial charge in [-0.25, -0.2) is 19.6 Å². The second-order valence-electron chi connectivity index (χ2n) is 7.65. The lowest BCUT2D eigenvalue weighted by molar-refractivity contribution is -0.143. The van der Waals surface area contributed by atoms with E-state index in [2.05, 4.69) is 20.6 Å². The topological polar surface area (TPSA) is 120 Å². The molecular weight excluding hydrogens is 436 g/mol. The molecule has 34 heavy (non-hydrogen) atoms. The molecule has 2 N–H and O–H groups in total. The van der Waals surface area contributed by atoms with Gasteiger partial charge >= 0.3 is 12.1 Å². The van der Waals surface area contributed by atoms with E-state index in [-0.39, 0.29) is 25.5 Å². The zero-order valence-electron chi connectivity index (χ0n) is 19.0. The van der Waals surface area contributed by atoms with Crippen LogP contribution in [-0.2, 0) is 32.1 Å². The molecule has 1 aromatic carbocycles. The summed E-state index contributed by atoms with van der Waals surface area (Å²) in [4.78, 5) is 45.0. The summed E-state index contributed by atoms with van der Waals surface area (Å²) in [7, 11) is 1.21. The molecule has 3 rings (SSSR count). The van der Waals surface area contributed by atoms with Crippen LogP contribution in [0.1, 0.15) is 30.5 Å². The summed E-state index contributed by atoms with van der Waals surface area (Å²) in [5.74, 6) is -0.894. The summed E-state index contributed by atoms with van der Waals surface area (Å²) in [6.07, 6.45) is 3.40. The van der Waals surface area contributed by atoms with E-state index in [9.17, 15) is 14.4 Å². The molecule has 9 heteroatoms. The van der Waals surface area contributed by atoms with Gasteiger partial charge in [-0.15, -0.1) is 0 Å². The molecule has 3 aromatic rings. The molecule has 1 unspecified atom stereocenters. The first-order valence-corrected chi connectivity index (χ1v) is 11.1. The number of benzene rings is 1. The van der Waals surface area contributed by atoms with E-state index in [4.69, 9.17) is 9.47 Å². The number of alkyl carbamates (subject to hydrolysis) is 1. The summed E-state index contributed by atoms with van der Waals surface area (Å²) in [6, 6.07) is 15.9. The highest BCUT2D eigenvalue weighted by Crippen LogP contribution is 2.11. The number of nitrogens with one attached hydrogen (secondary N) is 2. The zero-order valence-corrected chi connectivity index (χ0v) is 19.0. The van der Waals surface area contributed by atoms with Crippen molar-refractivity contribution in [2.75, 3.05) is 13.7 Å². The van der Waals surface area contributed by atoms with Crippen LogP contribution in [0.15, 0.2) is 60.8 Å². The van der Waals surface area contributed by atoms with Gasteiger partial charge in [0.1, 0.15) is 12.6 Å². The van der Waals surface area contributed by atoms with E-state index in [1.807, 2.05) is 54.6 Å². The minimum absolute atomic E-state index is 0.0645. The van der Waals surface area contributed by atoms with E-state index in [0.717, 1.165) is 29.5 Å². The molecule has 0 aliphatic carbocycles. The van der Waals surface area contributed by atoms with Gasteiger partial charge in [0.15, 0.2) is 5.65 Å². The highest BCUT2D eigenvalue weighted by atomic mass is 16.6. The SMILES string of the molecule is COC(=O)C(CNC(=O)CCCCc1ccc2cccnc2n1)NC(=O)OCc1ccccc1. The molecule has 0 radical (unpaired) electrons. The Bertz CT molecular complexity index is 1110. The number of esters is 1. The van der Waals surface area contributed by atoms with Crippen molar-refractivity contribution in [2.24, 2.45) is 0 Å². The molecule has 2 aromatic heterocycles. The molecule has 0 spiro atoms. The van der Waals surface area contributed by atoms with Crippen molar-refractivity contribution in [1.29, 1.82) is 0 Å². The fraction of sp³-hybridized carbons (Fsp3) is 0.320. The average Bonchev–Trinajstić information content (AvgIpc) is 2.87. The van der Waals surface area contributed by atoms with Crippen LogP contribution in [0.5, 0.6) is 0 Å². The number of methoxy groups -OCH3 is 1. The second kappa shape index (κ2) is 12.9. The van der Waals surface area contributed by atoms with E-state index >= 15 is 0 Å². The molecule has 0 saturated heterocycles. The van der Waals surface area contributed by atoms with Gasteiger partial charge in [0.25, 0.3) is 0 Å². The smallest absolute Gasteiger partial charge is 0.408 e. The Morgan fingerprint density at radius 2 is 1.82 bits per heavy atom. The highest BCUT2D eigenvalue weighted by molar-refractivity contribution is 5.83. The highest BCUT2D eigenvalue weighted by Gasteiger charge is 2.23. The number of rotatable bonds is 11. The lowest BCUT2D eigenvalue weighted by atomic mass is 10.1. The number of nitrogens with zero attached hydrogens (tertiary/aromatic N) is 2. The maximum atomic E-state index is 12.2. The van der Waals surface area contributed by atoms with Crippen LogP contribution in [0, 0.1) is 0 Å². The number of carbonyl (C=O) groups excluding carboxylic acids is 3. The average molecular weight is 465 g/mol. The van der Waals surface area contributed by atoms with Crippen LogP contribution in [0.3, 0.4) is 0 Å². The van der Waals surface area contributed by atoms with E-state index < -0.39 is 18.1 Å². The van der Waals surface area contributed by atoms with Gasteiger partial charge in [-0.3, -0.25) is 4.79 Å². The summed E-state index contributed by atoms with van der Waals surface area (Å²) in [5, 5.41) is 6.09. The van der Waals surface area contributed by atoms with E-state index in [0.29, 0.717) is 12.1 Å². The van der Waals surface area contributed by atoms with Crippen LogP contribution < -0.4 is 10.6 Å². The Labute approximate surface area is 197 Å². The first-order valence-electron chi connectivity index (χ1n) is 11.1. The van der Waals surface area contributed by atoms with Crippen molar-refractivity contribution in [3.63, 3.8) is 0 Å². The number of amides is 2. The Balaban J connectivity index is 1.37. The van der Waals surface area contributed by atoms with Crippen LogP contribution in [0.25, 0.3) is 11.0 Å². The molecule has 0 saturated carbocycles. The fourth-order valence-electron chi connectivity index (χ4n) is 3.27. The normalized spacial score (nSPS) is 11.4. The van der Waals surface area contributed by atoms with Crippen molar-refractivity contribution < 1.29 is 23.9 Å². The Morgan fingerprint density at radius 1 is 1.00 bits per heavy atom. The van der Waals surface area contributed by atoms with Gasteiger partial charge in [-0.05, 0) is 49.1 Å². The maximum Gasteiger partial charge on any atom is 0.408 e. The number of fused-ring (bicyclic) bond motifs is 1. The van der Waals surface area contributed by atoms with Gasteiger partial charge in [-0.1, -0.05) is 30.3 Å². The van der Waals surface area contributed by atoms with Crippen molar-refractivity contribution in [1.82, 2.24) is 20.6 Å². The van der Waals surface area contributed by atoms with Gasteiger partial charge in [-0.2, -0.15) is 0 Å². The number of carbonyl (C=O) groups is 3. The van der Waals surface area contributed by atoms with E-state index in [1.54, 1.807) is 6.20 Å². The first kappa shape index (κ1) is 24.6. The van der Waals surface area contributed by atoms with Crippen molar-refractivity contribution >= 4 is 29.0 Å². The largest absolute Gasteiger partial charge is 0.467 e. The molecule has 2 amide bonds. The summed E-state index contributed by atoms with van der Waals surface area (Å²) in [6.45, 7) is -0.0289. The molecule has 0 fully saturated rings. The quantitative estimate of drug-likeness (QED) is 0.331. The standard InChI is InChI=1S/C25H28N4O5/c1-33-24(31)21(29-25(32)34-17-18-8-3-2-4-9-18)16-27-22(30)12-6-5-11-20-14-13-19-10-7-15-26-23(19)28-20/h2-4,7-10,13-15,21H,5-6,11-12,16-17H2,1H3,(H,27,30)(H,29,32). The molecule has 0 aliphatic heterocycles. The summed E-state index contributed by atoms with van der Waals surface area (Å²) < 4.78 is 9.84. The molecule has 1 atom stereocenters. The van der Waals surface area contributed by atoms with Crippen LogP contribution in [-0.4, -0.2) is 47.6 Å². The number of aryl methyl sites for hydroxylation is 1. The molecule has 178 valence electrons. The summed E-state index contributed by atoms with van der Waals surface area (Å²) >= 11 is 0. The molecular formula is C25H28N4O5. The third-order valence-corrected chi connectivity index (χ3v) is 5.10. The van der Waals surface area contributed by atoms with Crippen LogP contribution in [0.2, 0.25) is 0 Å². The van der Waals surface area contributed by atoms with E-state index in [1.165, 1.54) is 7.11 Å². The number of unbranched alkanes of at least 4 members (excludes halogenated alkanes) is 1. The first-order chi connectivity index (χ1) is 16.5. The van der Waals surface area contributed by atoms with Gasteiger partial charge in [0.05, 0.1) is 7.11 Å². The zero-order chi connectivity index (χ0) is 24.2. The predicted molar refractivity (Wildman–Crippen MR) is 126 cm³/mol. The number of hydrogen-bond donors (Lipinski definition) is 2. The van der Waals surface area contributed by atoms with Gasteiger partial charge < -0.3 is 20.1 Å². The third kappa shape index (κ3) is 7.84. The minimum Gasteiger partial charge on any atom is -0.467 e. The number of ether oxygens (including phenoxy) is 2. The van der Waals surface area contributed by atoms with Crippen molar-refractivity contribution in [3.05, 3.63) is 72.1 Å². The Kier molecular flexibility index (Phi) is 9.33. The van der Waals surface area contributed by atoms with Crippen LogP contribution >= 0.6 is 0 Å². The number of pyridine rings is 2. The van der Waals surface area contributed by atoms with Gasteiger partial charge in [0.2, 0.25) is 5.91 Å². The summed E-state index contributed by atoms with van der Waals surface area (Å²) in [5.41, 5.74) is 2.45. The fourth-order valence-corrected chi connectivity index (χ4v) is 3.27. The minimum atomic E-state index is -1.05. The maximum absolute atomic E-state index is 12.2. The molecule has 0 aliphatic rings.